The Bertz CT molecular complexity index is 666. The predicted octanol–water partition coefficient (Wildman–Crippen LogP) is 1.31. The van der Waals surface area contributed by atoms with Crippen LogP contribution in [0.3, 0.4) is 0 Å². The fourth-order valence-corrected chi connectivity index (χ4v) is 2.56. The number of amides is 1. The summed E-state index contributed by atoms with van der Waals surface area (Å²) in [5.74, 6) is -1.34. The van der Waals surface area contributed by atoms with Gasteiger partial charge in [-0.3, -0.25) is 4.79 Å². The maximum atomic E-state index is 13.7. The molecule has 7 heteroatoms. The number of primary sulfonamides is 1. The minimum atomic E-state index is -4.20. The lowest BCUT2D eigenvalue weighted by Gasteiger charge is -2.12. The zero-order chi connectivity index (χ0) is 15.1. The van der Waals surface area contributed by atoms with E-state index in [-0.39, 0.29) is 16.5 Å². The molecule has 1 aromatic rings. The molecule has 2 rings (SSSR count). The Morgan fingerprint density at radius 2 is 2.05 bits per heavy atom. The molecule has 1 saturated carbocycles. The highest BCUT2D eigenvalue weighted by atomic mass is 32.2. The first-order chi connectivity index (χ1) is 9.12. The topological polar surface area (TPSA) is 89.3 Å². The quantitative estimate of drug-likeness (QED) is 0.878. The van der Waals surface area contributed by atoms with Crippen molar-refractivity contribution in [2.75, 3.05) is 6.54 Å². The molecular formula is C13H17FN2O3S. The third kappa shape index (κ3) is 3.16. The van der Waals surface area contributed by atoms with Crippen LogP contribution in [0.1, 0.15) is 35.7 Å². The van der Waals surface area contributed by atoms with Gasteiger partial charge in [0.2, 0.25) is 10.0 Å². The van der Waals surface area contributed by atoms with Gasteiger partial charge in [0.1, 0.15) is 10.7 Å². The van der Waals surface area contributed by atoms with E-state index in [1.165, 1.54) is 13.0 Å². The van der Waals surface area contributed by atoms with Crippen LogP contribution in [0.5, 0.6) is 0 Å². The Hall–Kier alpha value is -1.47. The zero-order valence-corrected chi connectivity index (χ0v) is 12.2. The van der Waals surface area contributed by atoms with Gasteiger partial charge in [-0.05, 0) is 42.9 Å². The van der Waals surface area contributed by atoms with Crippen LogP contribution in [-0.4, -0.2) is 20.9 Å². The van der Waals surface area contributed by atoms with E-state index in [1.807, 2.05) is 0 Å². The van der Waals surface area contributed by atoms with Gasteiger partial charge in [0.05, 0.1) is 0 Å². The van der Waals surface area contributed by atoms with Gasteiger partial charge in [0.15, 0.2) is 0 Å². The molecule has 0 saturated heterocycles. The van der Waals surface area contributed by atoms with Crippen LogP contribution in [0.25, 0.3) is 0 Å². The lowest BCUT2D eigenvalue weighted by Crippen LogP contribution is -2.29. The summed E-state index contributed by atoms with van der Waals surface area (Å²) in [6.07, 6.45) is 2.11. The van der Waals surface area contributed by atoms with Crippen molar-refractivity contribution in [3.05, 3.63) is 29.1 Å². The van der Waals surface area contributed by atoms with Gasteiger partial charge < -0.3 is 5.32 Å². The van der Waals surface area contributed by atoms with E-state index in [1.54, 1.807) is 0 Å². The van der Waals surface area contributed by atoms with Crippen LogP contribution in [-0.2, 0) is 10.0 Å². The molecular weight excluding hydrogens is 283 g/mol. The normalized spacial score (nSPS) is 16.8. The number of hydrogen-bond donors (Lipinski definition) is 2. The van der Waals surface area contributed by atoms with Crippen molar-refractivity contribution in [3.8, 4) is 0 Å². The van der Waals surface area contributed by atoms with Crippen molar-refractivity contribution in [2.24, 2.45) is 10.6 Å². The number of rotatable bonds is 4. The Kier molecular flexibility index (Phi) is 3.60. The number of aryl methyl sites for hydroxylation is 1. The molecule has 0 heterocycles. The summed E-state index contributed by atoms with van der Waals surface area (Å²) < 4.78 is 36.4. The molecule has 0 spiro atoms. The molecule has 110 valence electrons. The molecule has 0 aromatic heterocycles. The van der Waals surface area contributed by atoms with Crippen LogP contribution < -0.4 is 10.5 Å². The van der Waals surface area contributed by atoms with Gasteiger partial charge in [0.25, 0.3) is 5.91 Å². The zero-order valence-electron chi connectivity index (χ0n) is 11.4. The molecule has 5 nitrogen and oxygen atoms in total. The van der Waals surface area contributed by atoms with Gasteiger partial charge in [-0.1, -0.05) is 6.92 Å². The van der Waals surface area contributed by atoms with E-state index in [0.29, 0.717) is 6.54 Å². The lowest BCUT2D eigenvalue weighted by molar-refractivity contribution is 0.0945. The van der Waals surface area contributed by atoms with Crippen LogP contribution in [0, 0.1) is 18.2 Å². The molecule has 0 bridgehead atoms. The number of carbonyl (C=O) groups is 1. The standard InChI is InChI=1S/C13H17FN2O3S/c1-8-5-9(6-10(11(8)14)20(15,18)19)12(17)16-7-13(2)3-4-13/h5-6H,3-4,7H2,1-2H3,(H,16,17)(H2,15,18,19). The number of benzene rings is 1. The molecule has 0 aliphatic heterocycles. The number of sulfonamides is 1. The van der Waals surface area contributed by atoms with Gasteiger partial charge in [-0.15, -0.1) is 0 Å². The molecule has 1 fully saturated rings. The third-order valence-corrected chi connectivity index (χ3v) is 4.48. The minimum Gasteiger partial charge on any atom is -0.351 e. The van der Waals surface area contributed by atoms with Crippen molar-refractivity contribution in [3.63, 3.8) is 0 Å². The first-order valence-corrected chi connectivity index (χ1v) is 7.78. The summed E-state index contributed by atoms with van der Waals surface area (Å²) in [6.45, 7) is 3.97. The number of hydrogen-bond acceptors (Lipinski definition) is 3. The Morgan fingerprint density at radius 3 is 2.55 bits per heavy atom. The van der Waals surface area contributed by atoms with Crippen LogP contribution in [0.4, 0.5) is 4.39 Å². The Morgan fingerprint density at radius 1 is 1.45 bits per heavy atom. The first kappa shape index (κ1) is 14.9. The summed E-state index contributed by atoms with van der Waals surface area (Å²) in [5.41, 5.74) is 0.296. The molecule has 1 aliphatic carbocycles. The first-order valence-electron chi connectivity index (χ1n) is 6.24. The average molecular weight is 300 g/mol. The summed E-state index contributed by atoms with van der Waals surface area (Å²) in [5, 5.41) is 7.68. The summed E-state index contributed by atoms with van der Waals surface area (Å²) in [7, 11) is -4.20. The second kappa shape index (κ2) is 4.82. The van der Waals surface area contributed by atoms with Crippen molar-refractivity contribution < 1.29 is 17.6 Å². The molecule has 20 heavy (non-hydrogen) atoms. The van der Waals surface area contributed by atoms with Crippen molar-refractivity contribution in [1.82, 2.24) is 5.32 Å². The SMILES string of the molecule is Cc1cc(C(=O)NCC2(C)CC2)cc(S(N)(=O)=O)c1F. The number of nitrogens with one attached hydrogen (secondary N) is 1. The summed E-state index contributed by atoms with van der Waals surface area (Å²) >= 11 is 0. The molecule has 1 aliphatic rings. The smallest absolute Gasteiger partial charge is 0.251 e. The molecule has 0 radical (unpaired) electrons. The third-order valence-electron chi connectivity index (χ3n) is 3.57. The number of carbonyl (C=O) groups excluding carboxylic acids is 1. The largest absolute Gasteiger partial charge is 0.351 e. The minimum absolute atomic E-state index is 0.0688. The number of nitrogens with two attached hydrogens (primary N) is 1. The second-order valence-electron chi connectivity index (χ2n) is 5.64. The molecule has 1 amide bonds. The van der Waals surface area contributed by atoms with E-state index in [9.17, 15) is 17.6 Å². The van der Waals surface area contributed by atoms with Crippen molar-refractivity contribution >= 4 is 15.9 Å². The fourth-order valence-electron chi connectivity index (χ4n) is 1.86. The van der Waals surface area contributed by atoms with Crippen LogP contribution in [0.15, 0.2) is 17.0 Å². The summed E-state index contributed by atoms with van der Waals surface area (Å²) in [4.78, 5) is 11.3. The average Bonchev–Trinajstić information content (AvgIpc) is 3.06. The van der Waals surface area contributed by atoms with Gasteiger partial charge in [-0.2, -0.15) is 0 Å². The van der Waals surface area contributed by atoms with E-state index in [2.05, 4.69) is 12.2 Å². The van der Waals surface area contributed by atoms with Gasteiger partial charge >= 0.3 is 0 Å². The van der Waals surface area contributed by atoms with E-state index < -0.39 is 26.6 Å². The predicted molar refractivity (Wildman–Crippen MR) is 72.2 cm³/mol. The highest BCUT2D eigenvalue weighted by Crippen LogP contribution is 2.44. The summed E-state index contributed by atoms with van der Waals surface area (Å²) in [6, 6.07) is 2.29. The van der Waals surface area contributed by atoms with Crippen molar-refractivity contribution in [1.29, 1.82) is 0 Å². The maximum Gasteiger partial charge on any atom is 0.251 e. The van der Waals surface area contributed by atoms with E-state index in [0.717, 1.165) is 18.9 Å². The number of halogens is 1. The molecule has 1 aromatic carbocycles. The van der Waals surface area contributed by atoms with Crippen molar-refractivity contribution in [2.45, 2.75) is 31.6 Å². The fraction of sp³-hybridized carbons (Fsp3) is 0.462. The second-order valence-corrected chi connectivity index (χ2v) is 7.17. The monoisotopic (exact) mass is 300 g/mol. The maximum absolute atomic E-state index is 13.7. The molecule has 0 unspecified atom stereocenters. The van der Waals surface area contributed by atoms with Crippen LogP contribution in [0.2, 0.25) is 0 Å². The van der Waals surface area contributed by atoms with Gasteiger partial charge in [0, 0.05) is 12.1 Å². The highest BCUT2D eigenvalue weighted by Gasteiger charge is 2.37. The Labute approximate surface area is 117 Å². The van der Waals surface area contributed by atoms with E-state index in [4.69, 9.17) is 5.14 Å². The Balaban J connectivity index is 2.28. The molecule has 3 N–H and O–H groups in total. The van der Waals surface area contributed by atoms with Crippen LogP contribution >= 0.6 is 0 Å². The van der Waals surface area contributed by atoms with Gasteiger partial charge in [-0.25, -0.2) is 17.9 Å². The lowest BCUT2D eigenvalue weighted by atomic mass is 10.1. The van der Waals surface area contributed by atoms with E-state index >= 15 is 0 Å². The molecule has 0 atom stereocenters. The highest BCUT2D eigenvalue weighted by molar-refractivity contribution is 7.89.